The number of benzene rings is 2. The lowest BCUT2D eigenvalue weighted by Gasteiger charge is -2.35. The molecule has 8 nitrogen and oxygen atoms in total. The number of carbonyl (C=O) groups excluding carboxylic acids is 2. The molecule has 1 fully saturated rings. The van der Waals surface area contributed by atoms with E-state index in [2.05, 4.69) is 41.3 Å². The fourth-order valence-electron chi connectivity index (χ4n) is 6.59. The zero-order valence-corrected chi connectivity index (χ0v) is 25.6. The zero-order chi connectivity index (χ0) is 30.9. The number of fused-ring (bicyclic) bond motifs is 3. The van der Waals surface area contributed by atoms with Gasteiger partial charge in [0.2, 0.25) is 11.8 Å². The maximum absolute atomic E-state index is 12.5. The Morgan fingerprint density at radius 1 is 1.00 bits per heavy atom. The van der Waals surface area contributed by atoms with E-state index in [9.17, 15) is 19.5 Å². The van der Waals surface area contributed by atoms with E-state index < -0.39 is 12.0 Å². The SMILES string of the molecule is C[C@]12C=CC[C@@H]3C(=CC3CONC(=O)CCCCCCC(=O)Nc3cccc(CCN[C@H](C(=O)O)c4ccccc4)c3)C1C2. The molecule has 5 rings (SSSR count). The predicted octanol–water partition coefficient (Wildman–Crippen LogP) is 6.13. The van der Waals surface area contributed by atoms with Crippen LogP contribution in [0.5, 0.6) is 0 Å². The van der Waals surface area contributed by atoms with Gasteiger partial charge in [0.25, 0.3) is 0 Å². The van der Waals surface area contributed by atoms with Gasteiger partial charge in [-0.3, -0.25) is 19.2 Å². The second-order valence-electron chi connectivity index (χ2n) is 12.7. The van der Waals surface area contributed by atoms with Gasteiger partial charge < -0.3 is 15.7 Å². The normalized spacial score (nSPS) is 23.7. The van der Waals surface area contributed by atoms with Crippen LogP contribution < -0.4 is 16.1 Å². The third kappa shape index (κ3) is 8.45. The van der Waals surface area contributed by atoms with Crippen LogP contribution in [-0.2, 0) is 25.6 Å². The molecule has 2 aromatic carbocycles. The number of allylic oxidation sites excluding steroid dienone is 3. The highest BCUT2D eigenvalue weighted by atomic mass is 16.7. The molecule has 0 bridgehead atoms. The van der Waals surface area contributed by atoms with E-state index in [0.29, 0.717) is 55.2 Å². The van der Waals surface area contributed by atoms with Gasteiger partial charge in [-0.05, 0) is 72.6 Å². The molecule has 0 saturated heterocycles. The molecule has 0 heterocycles. The van der Waals surface area contributed by atoms with Crippen LogP contribution in [-0.4, -0.2) is 36.0 Å². The lowest BCUT2D eigenvalue weighted by atomic mass is 9.71. The molecular formula is C36H45N3O5. The van der Waals surface area contributed by atoms with Crippen molar-refractivity contribution in [3.63, 3.8) is 0 Å². The van der Waals surface area contributed by atoms with Crippen LogP contribution in [0.4, 0.5) is 5.69 Å². The minimum absolute atomic E-state index is 0.0369. The van der Waals surface area contributed by atoms with Gasteiger partial charge >= 0.3 is 5.97 Å². The summed E-state index contributed by atoms with van der Waals surface area (Å²) in [5, 5.41) is 15.6. The molecule has 1 saturated carbocycles. The maximum atomic E-state index is 12.5. The standard InChI is InChI=1S/C36H45N3O5/c1-36-19-10-15-29-27(22-30(29)31(36)23-36)24-44-39-33(41)17-8-3-2-7-16-32(40)38-28-14-9-11-25(21-28)18-20-37-34(35(42)43)26-12-5-4-6-13-26/h4-6,9-14,19,21-22,27,29,31,34,37H,2-3,7-8,15-18,20,23-24H2,1H3,(H,38,40)(H,39,41)(H,42,43)/t27?,29-,31?,34-,36+/m0/s1. The number of hydrogen-bond donors (Lipinski definition) is 4. The van der Waals surface area contributed by atoms with Crippen LogP contribution in [0.2, 0.25) is 0 Å². The molecular weight excluding hydrogens is 554 g/mol. The Kier molecular flexibility index (Phi) is 10.7. The molecule has 3 aliphatic carbocycles. The van der Waals surface area contributed by atoms with Gasteiger partial charge in [-0.1, -0.05) is 86.0 Å². The van der Waals surface area contributed by atoms with E-state index in [1.54, 1.807) is 17.7 Å². The Morgan fingerprint density at radius 3 is 2.55 bits per heavy atom. The first-order chi connectivity index (χ1) is 21.3. The minimum Gasteiger partial charge on any atom is -0.480 e. The van der Waals surface area contributed by atoms with Crippen molar-refractivity contribution in [1.82, 2.24) is 10.8 Å². The summed E-state index contributed by atoms with van der Waals surface area (Å²) in [7, 11) is 0. The number of amides is 2. The number of carboxylic acid groups (broad SMARTS) is 1. The summed E-state index contributed by atoms with van der Waals surface area (Å²) in [4.78, 5) is 41.9. The van der Waals surface area contributed by atoms with Gasteiger partial charge in [0.1, 0.15) is 6.04 Å². The van der Waals surface area contributed by atoms with Gasteiger partial charge in [0.05, 0.1) is 6.61 Å². The number of aliphatic carboxylic acids is 1. The highest BCUT2D eigenvalue weighted by Gasteiger charge is 2.55. The summed E-state index contributed by atoms with van der Waals surface area (Å²) in [5.74, 6) is 0.637. The molecule has 44 heavy (non-hydrogen) atoms. The number of rotatable bonds is 17. The van der Waals surface area contributed by atoms with Crippen LogP contribution in [0.25, 0.3) is 0 Å². The van der Waals surface area contributed by atoms with Crippen molar-refractivity contribution in [1.29, 1.82) is 0 Å². The predicted molar refractivity (Wildman–Crippen MR) is 170 cm³/mol. The Labute approximate surface area is 260 Å². The molecule has 234 valence electrons. The molecule has 0 aromatic heterocycles. The third-order valence-electron chi connectivity index (χ3n) is 9.29. The number of carboxylic acids is 1. The average molecular weight is 600 g/mol. The van der Waals surface area contributed by atoms with E-state index in [-0.39, 0.29) is 11.8 Å². The third-order valence-corrected chi connectivity index (χ3v) is 9.29. The van der Waals surface area contributed by atoms with E-state index in [1.165, 1.54) is 6.42 Å². The van der Waals surface area contributed by atoms with Gasteiger partial charge in [0, 0.05) is 31.0 Å². The summed E-state index contributed by atoms with van der Waals surface area (Å²) in [6, 6.07) is 16.0. The van der Waals surface area contributed by atoms with E-state index in [1.807, 2.05) is 42.5 Å². The first-order valence-electron chi connectivity index (χ1n) is 16.0. The monoisotopic (exact) mass is 599 g/mol. The van der Waals surface area contributed by atoms with Crippen LogP contribution >= 0.6 is 0 Å². The second kappa shape index (κ2) is 14.8. The van der Waals surface area contributed by atoms with Gasteiger partial charge in [-0.25, -0.2) is 5.48 Å². The molecule has 2 unspecified atom stereocenters. The molecule has 4 N–H and O–H groups in total. The fraction of sp³-hybridized carbons (Fsp3) is 0.472. The number of carbonyl (C=O) groups is 3. The zero-order valence-electron chi connectivity index (χ0n) is 25.6. The Hall–Kier alpha value is -3.75. The molecule has 5 atom stereocenters. The lowest BCUT2D eigenvalue weighted by molar-refractivity contribution is -0.139. The van der Waals surface area contributed by atoms with Gasteiger partial charge in [-0.15, -0.1) is 0 Å². The van der Waals surface area contributed by atoms with E-state index in [4.69, 9.17) is 4.84 Å². The smallest absolute Gasteiger partial charge is 0.325 e. The number of hydrogen-bond acceptors (Lipinski definition) is 5. The molecule has 2 amide bonds. The Morgan fingerprint density at radius 2 is 1.77 bits per heavy atom. The van der Waals surface area contributed by atoms with Crippen LogP contribution in [0.1, 0.15) is 75.5 Å². The van der Waals surface area contributed by atoms with Crippen molar-refractivity contribution < 1.29 is 24.3 Å². The van der Waals surface area contributed by atoms with Crippen molar-refractivity contribution in [2.75, 3.05) is 18.5 Å². The second-order valence-corrected chi connectivity index (χ2v) is 12.7. The number of hydroxylamine groups is 1. The van der Waals surface area contributed by atoms with Crippen molar-refractivity contribution in [2.24, 2.45) is 23.2 Å². The first kappa shape index (κ1) is 31.7. The summed E-state index contributed by atoms with van der Waals surface area (Å²) in [6.07, 6.45) is 14.2. The summed E-state index contributed by atoms with van der Waals surface area (Å²) < 4.78 is 0. The average Bonchev–Trinajstić information content (AvgIpc) is 3.68. The number of unbranched alkanes of at least 4 members (excludes halogenated alkanes) is 3. The Bertz CT molecular complexity index is 1370. The van der Waals surface area contributed by atoms with E-state index >= 15 is 0 Å². The highest BCUT2D eigenvalue weighted by Crippen LogP contribution is 2.64. The fourth-order valence-corrected chi connectivity index (χ4v) is 6.59. The molecule has 8 heteroatoms. The first-order valence-corrected chi connectivity index (χ1v) is 16.0. The van der Waals surface area contributed by atoms with E-state index in [0.717, 1.165) is 49.3 Å². The van der Waals surface area contributed by atoms with Gasteiger partial charge in [0.15, 0.2) is 0 Å². The minimum atomic E-state index is -0.914. The Balaban J connectivity index is 0.902. The van der Waals surface area contributed by atoms with Crippen molar-refractivity contribution in [2.45, 2.75) is 70.8 Å². The molecule has 0 aliphatic heterocycles. The van der Waals surface area contributed by atoms with Crippen molar-refractivity contribution >= 4 is 23.5 Å². The quantitative estimate of drug-likeness (QED) is 0.0988. The molecule has 0 spiro atoms. The van der Waals surface area contributed by atoms with Crippen molar-refractivity contribution in [3.05, 3.63) is 89.5 Å². The summed E-state index contributed by atoms with van der Waals surface area (Å²) in [5.41, 5.74) is 7.05. The number of anilines is 1. The topological polar surface area (TPSA) is 117 Å². The van der Waals surface area contributed by atoms with Gasteiger partial charge in [-0.2, -0.15) is 0 Å². The highest BCUT2D eigenvalue weighted by molar-refractivity contribution is 5.90. The van der Waals surface area contributed by atoms with Crippen molar-refractivity contribution in [3.8, 4) is 0 Å². The lowest BCUT2D eigenvalue weighted by Crippen LogP contribution is -2.33. The van der Waals surface area contributed by atoms with Crippen LogP contribution in [0, 0.1) is 23.2 Å². The molecule has 0 radical (unpaired) electrons. The molecule has 3 aliphatic rings. The maximum Gasteiger partial charge on any atom is 0.325 e. The summed E-state index contributed by atoms with van der Waals surface area (Å²) in [6.45, 7) is 3.36. The summed E-state index contributed by atoms with van der Waals surface area (Å²) >= 11 is 0. The number of nitrogens with one attached hydrogen (secondary N) is 3. The van der Waals surface area contributed by atoms with Crippen LogP contribution in [0.3, 0.4) is 0 Å². The molecule has 2 aromatic rings. The largest absolute Gasteiger partial charge is 0.480 e. The van der Waals surface area contributed by atoms with Crippen LogP contribution in [0.15, 0.2) is 78.4 Å².